The highest BCUT2D eigenvalue weighted by molar-refractivity contribution is 9.10. The van der Waals surface area contributed by atoms with Crippen molar-refractivity contribution >= 4 is 37.5 Å². The molecule has 180 valence electrons. The van der Waals surface area contributed by atoms with Crippen LogP contribution in [0.3, 0.4) is 0 Å². The highest BCUT2D eigenvalue weighted by Gasteiger charge is 2.27. The quantitative estimate of drug-likeness (QED) is 0.374. The van der Waals surface area contributed by atoms with E-state index in [1.54, 1.807) is 36.4 Å². The standard InChI is InChI=1S/C25H27BrN2O5S/c1-3-32-22-12-10-21(11-13-22)28(34(30,31)24-14-8-20(26)9-15-24)18-25(29)27-17-19-6-5-7-23(16-19)33-4-2/h5-16H,3-4,17-18H2,1-2H3,(H,27,29). The first-order chi connectivity index (χ1) is 16.3. The van der Waals surface area contributed by atoms with Crippen molar-refractivity contribution in [2.75, 3.05) is 24.1 Å². The van der Waals surface area contributed by atoms with E-state index in [2.05, 4.69) is 21.2 Å². The number of sulfonamides is 1. The Hall–Kier alpha value is -3.04. The monoisotopic (exact) mass is 546 g/mol. The number of benzene rings is 3. The fraction of sp³-hybridized carbons (Fsp3) is 0.240. The number of hydrogen-bond acceptors (Lipinski definition) is 5. The van der Waals surface area contributed by atoms with Crippen molar-refractivity contribution in [3.8, 4) is 11.5 Å². The number of nitrogens with one attached hydrogen (secondary N) is 1. The number of nitrogens with zero attached hydrogens (tertiary/aromatic N) is 1. The van der Waals surface area contributed by atoms with Gasteiger partial charge in [-0.1, -0.05) is 28.1 Å². The molecule has 3 rings (SSSR count). The maximum atomic E-state index is 13.5. The smallest absolute Gasteiger partial charge is 0.264 e. The van der Waals surface area contributed by atoms with Gasteiger partial charge in [-0.15, -0.1) is 0 Å². The van der Waals surface area contributed by atoms with Crippen LogP contribution in [0.25, 0.3) is 0 Å². The molecule has 0 aromatic heterocycles. The van der Waals surface area contributed by atoms with E-state index in [0.717, 1.165) is 14.3 Å². The zero-order valence-electron chi connectivity index (χ0n) is 19.0. The van der Waals surface area contributed by atoms with Gasteiger partial charge < -0.3 is 14.8 Å². The first-order valence-electron chi connectivity index (χ1n) is 10.8. The van der Waals surface area contributed by atoms with Crippen LogP contribution in [0.4, 0.5) is 5.69 Å². The lowest BCUT2D eigenvalue weighted by atomic mass is 10.2. The molecule has 3 aromatic rings. The number of anilines is 1. The largest absolute Gasteiger partial charge is 0.494 e. The number of carbonyl (C=O) groups is 1. The zero-order chi connectivity index (χ0) is 24.6. The number of carbonyl (C=O) groups excluding carboxylic acids is 1. The molecule has 0 atom stereocenters. The highest BCUT2D eigenvalue weighted by Crippen LogP contribution is 2.26. The third kappa shape index (κ3) is 6.74. The summed E-state index contributed by atoms with van der Waals surface area (Å²) < 4.78 is 39.7. The molecule has 7 nitrogen and oxygen atoms in total. The molecule has 0 spiro atoms. The predicted octanol–water partition coefficient (Wildman–Crippen LogP) is 4.76. The molecule has 0 aliphatic carbocycles. The Kier molecular flexibility index (Phi) is 8.95. The van der Waals surface area contributed by atoms with Gasteiger partial charge in [-0.05, 0) is 80.1 Å². The number of amides is 1. The van der Waals surface area contributed by atoms with Gasteiger partial charge in [0, 0.05) is 11.0 Å². The van der Waals surface area contributed by atoms with Crippen LogP contribution in [0.1, 0.15) is 19.4 Å². The second kappa shape index (κ2) is 11.9. The van der Waals surface area contributed by atoms with Gasteiger partial charge >= 0.3 is 0 Å². The summed E-state index contributed by atoms with van der Waals surface area (Å²) in [7, 11) is -4.00. The van der Waals surface area contributed by atoms with E-state index in [1.807, 2.05) is 38.1 Å². The average Bonchev–Trinajstić information content (AvgIpc) is 2.83. The van der Waals surface area contributed by atoms with Crippen molar-refractivity contribution < 1.29 is 22.7 Å². The summed E-state index contributed by atoms with van der Waals surface area (Å²) in [5.74, 6) is 0.894. The molecule has 0 radical (unpaired) electrons. The van der Waals surface area contributed by atoms with Crippen molar-refractivity contribution in [2.45, 2.75) is 25.3 Å². The average molecular weight is 547 g/mol. The summed E-state index contributed by atoms with van der Waals surface area (Å²) >= 11 is 3.32. The first kappa shape index (κ1) is 25.6. The number of halogens is 1. The Morgan fingerprint density at radius 2 is 1.56 bits per heavy atom. The minimum absolute atomic E-state index is 0.0850. The van der Waals surface area contributed by atoms with Crippen LogP contribution in [-0.4, -0.2) is 34.1 Å². The number of hydrogen-bond donors (Lipinski definition) is 1. The van der Waals surface area contributed by atoms with Gasteiger partial charge in [0.1, 0.15) is 18.0 Å². The van der Waals surface area contributed by atoms with Crippen molar-refractivity contribution in [3.63, 3.8) is 0 Å². The Morgan fingerprint density at radius 1 is 0.912 bits per heavy atom. The van der Waals surface area contributed by atoms with E-state index in [9.17, 15) is 13.2 Å². The van der Waals surface area contributed by atoms with Gasteiger partial charge in [0.05, 0.1) is 23.8 Å². The molecule has 3 aromatic carbocycles. The molecule has 0 saturated heterocycles. The van der Waals surface area contributed by atoms with E-state index < -0.39 is 15.9 Å². The summed E-state index contributed by atoms with van der Waals surface area (Å²) in [5.41, 5.74) is 1.21. The summed E-state index contributed by atoms with van der Waals surface area (Å²) in [6.07, 6.45) is 0. The molecule has 0 saturated carbocycles. The van der Waals surface area contributed by atoms with E-state index in [-0.39, 0.29) is 18.0 Å². The van der Waals surface area contributed by atoms with Crippen LogP contribution in [0, 0.1) is 0 Å². The molecule has 0 unspecified atom stereocenters. The van der Waals surface area contributed by atoms with E-state index in [0.29, 0.717) is 30.4 Å². The summed E-state index contributed by atoms with van der Waals surface area (Å²) in [6, 6.07) is 20.3. The van der Waals surface area contributed by atoms with Crippen LogP contribution in [0.5, 0.6) is 11.5 Å². The minimum Gasteiger partial charge on any atom is -0.494 e. The molecular formula is C25H27BrN2O5S. The topological polar surface area (TPSA) is 84.9 Å². The van der Waals surface area contributed by atoms with Crippen molar-refractivity contribution in [3.05, 3.63) is 82.8 Å². The molecule has 0 bridgehead atoms. The third-order valence-corrected chi connectivity index (χ3v) is 7.14. The lowest BCUT2D eigenvalue weighted by Crippen LogP contribution is -2.40. The second-order valence-corrected chi connectivity index (χ2v) is 10.0. The molecule has 1 amide bonds. The maximum absolute atomic E-state index is 13.5. The molecule has 9 heteroatoms. The SMILES string of the molecule is CCOc1ccc(N(CC(=O)NCc2cccc(OCC)c2)S(=O)(=O)c2ccc(Br)cc2)cc1. The van der Waals surface area contributed by atoms with Crippen molar-refractivity contribution in [1.82, 2.24) is 5.32 Å². The molecule has 0 aliphatic rings. The van der Waals surface area contributed by atoms with E-state index in [1.165, 1.54) is 12.1 Å². The molecule has 0 aliphatic heterocycles. The molecule has 34 heavy (non-hydrogen) atoms. The zero-order valence-corrected chi connectivity index (χ0v) is 21.4. The number of rotatable bonds is 11. The first-order valence-corrected chi connectivity index (χ1v) is 13.1. The molecule has 0 fully saturated rings. The third-order valence-electron chi connectivity index (χ3n) is 4.82. The fourth-order valence-electron chi connectivity index (χ4n) is 3.22. The van der Waals surface area contributed by atoms with Crippen molar-refractivity contribution in [1.29, 1.82) is 0 Å². The summed E-state index contributed by atoms with van der Waals surface area (Å²) in [6.45, 7) is 4.67. The normalized spacial score (nSPS) is 11.0. The van der Waals surface area contributed by atoms with Gasteiger partial charge in [-0.25, -0.2) is 8.42 Å². The van der Waals surface area contributed by atoms with E-state index >= 15 is 0 Å². The maximum Gasteiger partial charge on any atom is 0.264 e. The minimum atomic E-state index is -4.00. The molecule has 0 heterocycles. The Bertz CT molecular complexity index is 1200. The summed E-state index contributed by atoms with van der Waals surface area (Å²) in [4.78, 5) is 12.9. The predicted molar refractivity (Wildman–Crippen MR) is 136 cm³/mol. The van der Waals surface area contributed by atoms with Crippen LogP contribution in [-0.2, 0) is 21.4 Å². The van der Waals surface area contributed by atoms with Gasteiger partial charge in [-0.3, -0.25) is 9.10 Å². The molecular weight excluding hydrogens is 520 g/mol. The van der Waals surface area contributed by atoms with Gasteiger partial charge in [-0.2, -0.15) is 0 Å². The van der Waals surface area contributed by atoms with Gasteiger partial charge in [0.15, 0.2) is 0 Å². The lowest BCUT2D eigenvalue weighted by molar-refractivity contribution is -0.119. The second-order valence-electron chi connectivity index (χ2n) is 7.25. The van der Waals surface area contributed by atoms with Gasteiger partial charge in [0.25, 0.3) is 10.0 Å². The Labute approximate surface area is 208 Å². The van der Waals surface area contributed by atoms with Gasteiger partial charge in [0.2, 0.25) is 5.91 Å². The van der Waals surface area contributed by atoms with Crippen molar-refractivity contribution in [2.24, 2.45) is 0 Å². The highest BCUT2D eigenvalue weighted by atomic mass is 79.9. The Morgan fingerprint density at radius 3 is 2.21 bits per heavy atom. The summed E-state index contributed by atoms with van der Waals surface area (Å²) in [5, 5.41) is 2.80. The lowest BCUT2D eigenvalue weighted by Gasteiger charge is -2.24. The molecule has 1 N–H and O–H groups in total. The van der Waals surface area contributed by atoms with E-state index in [4.69, 9.17) is 9.47 Å². The fourth-order valence-corrected chi connectivity index (χ4v) is 4.91. The van der Waals surface area contributed by atoms with Crippen LogP contribution in [0.2, 0.25) is 0 Å². The number of ether oxygens (including phenoxy) is 2. The van der Waals surface area contributed by atoms with Crippen LogP contribution < -0.4 is 19.1 Å². The van der Waals surface area contributed by atoms with Crippen LogP contribution >= 0.6 is 15.9 Å². The Balaban J connectivity index is 1.82. The van der Waals surface area contributed by atoms with Crippen LogP contribution in [0.15, 0.2) is 82.2 Å².